The number of nitrogens with one attached hydrogen (secondary N) is 1. The molecule has 2 heterocycles. The number of benzene rings is 1. The van der Waals surface area contributed by atoms with Gasteiger partial charge >= 0.3 is 6.03 Å². The molecule has 0 saturated carbocycles. The van der Waals surface area contributed by atoms with Crippen molar-refractivity contribution in [2.45, 2.75) is 25.5 Å². The van der Waals surface area contributed by atoms with Crippen molar-refractivity contribution in [3.63, 3.8) is 0 Å². The highest BCUT2D eigenvalue weighted by atomic mass is 19.1. The smallest absolute Gasteiger partial charge is 0.317 e. The van der Waals surface area contributed by atoms with Crippen molar-refractivity contribution in [2.75, 3.05) is 39.3 Å². The number of urea groups is 1. The summed E-state index contributed by atoms with van der Waals surface area (Å²) in [6, 6.07) is 6.15. The second-order valence-corrected chi connectivity index (χ2v) is 6.21. The van der Waals surface area contributed by atoms with Crippen molar-refractivity contribution in [2.24, 2.45) is 0 Å². The Hall–Kier alpha value is -1.66. The molecule has 1 aromatic rings. The predicted molar refractivity (Wildman–Crippen MR) is 85.6 cm³/mol. The maximum Gasteiger partial charge on any atom is 0.317 e. The van der Waals surface area contributed by atoms with Crippen LogP contribution in [0.4, 0.5) is 9.18 Å². The largest absolute Gasteiger partial charge is 0.377 e. The number of amides is 2. The fraction of sp³-hybridized carbons (Fsp3) is 0.588. The molecule has 0 radical (unpaired) electrons. The Bertz CT molecular complexity index is 509. The average Bonchev–Trinajstić information content (AvgIpc) is 3.08. The standard InChI is InChI=1S/C17H24FN3O2/c18-15-5-3-14(4-6-15)12-19-17(22)21-9-7-20(8-10-21)13-16-2-1-11-23-16/h3-6,16H,1-2,7-13H2,(H,19,22). The number of hydrogen-bond donors (Lipinski definition) is 1. The van der Waals surface area contributed by atoms with Crippen LogP contribution in [0.5, 0.6) is 0 Å². The molecule has 3 rings (SSSR count). The zero-order valence-corrected chi connectivity index (χ0v) is 13.3. The van der Waals surface area contributed by atoms with Gasteiger partial charge in [0.15, 0.2) is 0 Å². The Morgan fingerprint density at radius 1 is 1.22 bits per heavy atom. The van der Waals surface area contributed by atoms with Crippen LogP contribution in [-0.4, -0.2) is 61.3 Å². The first-order valence-corrected chi connectivity index (χ1v) is 8.32. The van der Waals surface area contributed by atoms with E-state index in [0.29, 0.717) is 12.6 Å². The summed E-state index contributed by atoms with van der Waals surface area (Å²) in [5, 5.41) is 2.90. The summed E-state index contributed by atoms with van der Waals surface area (Å²) in [4.78, 5) is 16.4. The van der Waals surface area contributed by atoms with E-state index in [1.165, 1.54) is 12.1 Å². The molecule has 5 nitrogen and oxygen atoms in total. The van der Waals surface area contributed by atoms with Crippen LogP contribution in [-0.2, 0) is 11.3 Å². The number of ether oxygens (including phenoxy) is 1. The number of nitrogens with zero attached hydrogens (tertiary/aromatic N) is 2. The first kappa shape index (κ1) is 16.2. The highest BCUT2D eigenvalue weighted by molar-refractivity contribution is 5.74. The molecule has 6 heteroatoms. The van der Waals surface area contributed by atoms with Gasteiger partial charge in [0.2, 0.25) is 0 Å². The summed E-state index contributed by atoms with van der Waals surface area (Å²) in [7, 11) is 0. The van der Waals surface area contributed by atoms with Crippen molar-refractivity contribution in [1.82, 2.24) is 15.1 Å². The molecule has 0 spiro atoms. The highest BCUT2D eigenvalue weighted by Gasteiger charge is 2.24. The number of halogens is 1. The van der Waals surface area contributed by atoms with E-state index in [2.05, 4.69) is 10.2 Å². The van der Waals surface area contributed by atoms with E-state index in [-0.39, 0.29) is 11.8 Å². The van der Waals surface area contributed by atoms with Crippen LogP contribution in [0.2, 0.25) is 0 Å². The molecule has 0 bridgehead atoms. The molecule has 1 N–H and O–H groups in total. The van der Waals surface area contributed by atoms with E-state index >= 15 is 0 Å². The van der Waals surface area contributed by atoms with Gasteiger partial charge in [0.25, 0.3) is 0 Å². The Morgan fingerprint density at radius 2 is 1.96 bits per heavy atom. The molecular formula is C17H24FN3O2. The van der Waals surface area contributed by atoms with Crippen LogP contribution in [0.15, 0.2) is 24.3 Å². The number of rotatable bonds is 4. The van der Waals surface area contributed by atoms with Crippen LogP contribution in [0.1, 0.15) is 18.4 Å². The molecular weight excluding hydrogens is 297 g/mol. The first-order valence-electron chi connectivity index (χ1n) is 8.32. The van der Waals surface area contributed by atoms with Crippen LogP contribution in [0, 0.1) is 5.82 Å². The maximum absolute atomic E-state index is 12.8. The van der Waals surface area contributed by atoms with Gasteiger partial charge in [-0.2, -0.15) is 0 Å². The minimum absolute atomic E-state index is 0.0499. The summed E-state index contributed by atoms with van der Waals surface area (Å²) >= 11 is 0. The molecule has 0 aromatic heterocycles. The third-order valence-electron chi connectivity index (χ3n) is 4.50. The van der Waals surface area contributed by atoms with Crippen LogP contribution < -0.4 is 5.32 Å². The number of carbonyl (C=O) groups is 1. The Morgan fingerprint density at radius 3 is 2.61 bits per heavy atom. The van der Waals surface area contributed by atoms with Crippen LogP contribution >= 0.6 is 0 Å². The second-order valence-electron chi connectivity index (χ2n) is 6.21. The lowest BCUT2D eigenvalue weighted by molar-refractivity contribution is 0.0561. The average molecular weight is 321 g/mol. The number of piperazine rings is 1. The zero-order chi connectivity index (χ0) is 16.1. The topological polar surface area (TPSA) is 44.8 Å². The van der Waals surface area contributed by atoms with Gasteiger partial charge in [-0.05, 0) is 30.5 Å². The van der Waals surface area contributed by atoms with E-state index in [9.17, 15) is 9.18 Å². The van der Waals surface area contributed by atoms with Gasteiger partial charge < -0.3 is 15.0 Å². The molecule has 1 atom stereocenters. The lowest BCUT2D eigenvalue weighted by Crippen LogP contribution is -2.52. The molecule has 2 aliphatic heterocycles. The van der Waals surface area contributed by atoms with Crippen molar-refractivity contribution < 1.29 is 13.9 Å². The first-order chi connectivity index (χ1) is 11.2. The minimum atomic E-state index is -0.262. The fourth-order valence-electron chi connectivity index (χ4n) is 3.10. The van der Waals surface area contributed by atoms with Crippen molar-refractivity contribution >= 4 is 6.03 Å². The molecule has 0 aliphatic carbocycles. The molecule has 2 fully saturated rings. The molecule has 126 valence electrons. The summed E-state index contributed by atoms with van der Waals surface area (Å²) in [6.07, 6.45) is 2.68. The lowest BCUT2D eigenvalue weighted by atomic mass is 10.2. The van der Waals surface area contributed by atoms with Gasteiger partial charge in [-0.1, -0.05) is 12.1 Å². The van der Waals surface area contributed by atoms with E-state index in [1.54, 1.807) is 12.1 Å². The minimum Gasteiger partial charge on any atom is -0.377 e. The Balaban J connectivity index is 1.38. The fourth-order valence-corrected chi connectivity index (χ4v) is 3.10. The van der Waals surface area contributed by atoms with E-state index in [1.807, 2.05) is 4.90 Å². The number of carbonyl (C=O) groups excluding carboxylic acids is 1. The summed E-state index contributed by atoms with van der Waals surface area (Å²) in [5.74, 6) is -0.262. The Kier molecular flexibility index (Phi) is 5.46. The summed E-state index contributed by atoms with van der Waals surface area (Å²) in [5.41, 5.74) is 0.900. The molecule has 2 aliphatic rings. The highest BCUT2D eigenvalue weighted by Crippen LogP contribution is 2.14. The second kappa shape index (κ2) is 7.75. The molecule has 1 unspecified atom stereocenters. The monoisotopic (exact) mass is 321 g/mol. The lowest BCUT2D eigenvalue weighted by Gasteiger charge is -2.35. The van der Waals surface area contributed by atoms with E-state index in [0.717, 1.165) is 57.7 Å². The van der Waals surface area contributed by atoms with Gasteiger partial charge in [-0.3, -0.25) is 4.90 Å². The van der Waals surface area contributed by atoms with Crippen molar-refractivity contribution in [3.05, 3.63) is 35.6 Å². The molecule has 23 heavy (non-hydrogen) atoms. The number of hydrogen-bond acceptors (Lipinski definition) is 3. The maximum atomic E-state index is 12.8. The zero-order valence-electron chi connectivity index (χ0n) is 13.3. The Labute approximate surface area is 136 Å². The molecule has 2 amide bonds. The van der Waals surface area contributed by atoms with Crippen LogP contribution in [0.3, 0.4) is 0 Å². The van der Waals surface area contributed by atoms with Gasteiger partial charge in [0, 0.05) is 45.9 Å². The van der Waals surface area contributed by atoms with Gasteiger partial charge in [-0.25, -0.2) is 9.18 Å². The van der Waals surface area contributed by atoms with Gasteiger partial charge in [0.05, 0.1) is 6.10 Å². The van der Waals surface area contributed by atoms with Gasteiger partial charge in [0.1, 0.15) is 5.82 Å². The summed E-state index contributed by atoms with van der Waals surface area (Å²) in [6.45, 7) is 5.55. The van der Waals surface area contributed by atoms with E-state index < -0.39 is 0 Å². The third kappa shape index (κ3) is 4.65. The van der Waals surface area contributed by atoms with Crippen LogP contribution in [0.25, 0.3) is 0 Å². The summed E-state index contributed by atoms with van der Waals surface area (Å²) < 4.78 is 18.5. The van der Waals surface area contributed by atoms with Crippen molar-refractivity contribution in [3.8, 4) is 0 Å². The van der Waals surface area contributed by atoms with E-state index in [4.69, 9.17) is 4.74 Å². The SMILES string of the molecule is O=C(NCc1ccc(F)cc1)N1CCN(CC2CCCO2)CC1. The van der Waals surface area contributed by atoms with Crippen molar-refractivity contribution in [1.29, 1.82) is 0 Å². The third-order valence-corrected chi connectivity index (χ3v) is 4.50. The quantitative estimate of drug-likeness (QED) is 0.920. The predicted octanol–water partition coefficient (Wildman–Crippen LogP) is 1.83. The molecule has 2 saturated heterocycles. The normalized spacial score (nSPS) is 22.3. The molecule has 1 aromatic carbocycles. The van der Waals surface area contributed by atoms with Gasteiger partial charge in [-0.15, -0.1) is 0 Å².